The van der Waals surface area contributed by atoms with Crippen LogP contribution < -0.4 is 10.6 Å². The maximum atomic E-state index is 12.4. The molecule has 9 heteroatoms. The van der Waals surface area contributed by atoms with Crippen molar-refractivity contribution in [2.45, 2.75) is 90.9 Å². The van der Waals surface area contributed by atoms with Gasteiger partial charge in [0.25, 0.3) is 0 Å². The van der Waals surface area contributed by atoms with Gasteiger partial charge in [-0.1, -0.05) is 13.8 Å². The lowest BCUT2D eigenvalue weighted by molar-refractivity contribution is 0.00984. The van der Waals surface area contributed by atoms with Crippen LogP contribution in [-0.2, 0) is 14.2 Å². The van der Waals surface area contributed by atoms with Crippen LogP contribution in [0, 0.1) is 0 Å². The van der Waals surface area contributed by atoms with Crippen LogP contribution >= 0.6 is 24.0 Å². The number of likely N-dealkylation sites (tertiary alicyclic amines) is 1. The van der Waals surface area contributed by atoms with Crippen molar-refractivity contribution in [2.75, 3.05) is 46.5 Å². The summed E-state index contributed by atoms with van der Waals surface area (Å²) in [5, 5.41) is 6.50. The molecule has 1 aliphatic heterocycles. The fourth-order valence-electron chi connectivity index (χ4n) is 3.55. The maximum Gasteiger partial charge on any atom is 0.408 e. The van der Waals surface area contributed by atoms with E-state index in [0.717, 1.165) is 70.9 Å². The predicted molar refractivity (Wildman–Crippen MR) is 141 cm³/mol. The van der Waals surface area contributed by atoms with E-state index in [1.165, 1.54) is 0 Å². The van der Waals surface area contributed by atoms with Crippen LogP contribution in [0.25, 0.3) is 0 Å². The van der Waals surface area contributed by atoms with E-state index >= 15 is 0 Å². The Morgan fingerprint density at radius 2 is 1.72 bits per heavy atom. The van der Waals surface area contributed by atoms with E-state index in [1.807, 2.05) is 20.8 Å². The van der Waals surface area contributed by atoms with Crippen molar-refractivity contribution in [3.8, 4) is 0 Å². The van der Waals surface area contributed by atoms with Crippen molar-refractivity contribution in [1.29, 1.82) is 0 Å². The minimum atomic E-state index is -0.522. The molecule has 1 aliphatic rings. The summed E-state index contributed by atoms with van der Waals surface area (Å²) in [6, 6.07) is 0. The van der Waals surface area contributed by atoms with Crippen molar-refractivity contribution in [3.63, 3.8) is 0 Å². The smallest absolute Gasteiger partial charge is 0.408 e. The number of nitrogens with one attached hydrogen (secondary N) is 2. The van der Waals surface area contributed by atoms with Gasteiger partial charge in [0.05, 0.1) is 18.2 Å². The first kappa shape index (κ1) is 31.2. The van der Waals surface area contributed by atoms with Gasteiger partial charge in [-0.05, 0) is 59.8 Å². The number of rotatable bonds is 11. The van der Waals surface area contributed by atoms with E-state index in [9.17, 15) is 4.79 Å². The van der Waals surface area contributed by atoms with E-state index < -0.39 is 11.1 Å². The van der Waals surface area contributed by atoms with Crippen LogP contribution in [0.5, 0.6) is 0 Å². The van der Waals surface area contributed by atoms with Crippen LogP contribution in [-0.4, -0.2) is 80.7 Å². The minimum Gasteiger partial charge on any atom is -0.444 e. The van der Waals surface area contributed by atoms with Crippen molar-refractivity contribution < 1.29 is 19.0 Å². The number of carbonyl (C=O) groups is 1. The molecule has 0 aromatic heterocycles. The Bertz CT molecular complexity index is 543. The zero-order chi connectivity index (χ0) is 23.3. The normalized spacial score (nSPS) is 15.8. The summed E-state index contributed by atoms with van der Waals surface area (Å²) < 4.78 is 16.5. The highest BCUT2D eigenvalue weighted by atomic mass is 127. The topological polar surface area (TPSA) is 84.4 Å². The third kappa shape index (κ3) is 11.9. The molecule has 0 bridgehead atoms. The lowest BCUT2D eigenvalue weighted by atomic mass is 9.93. The largest absolute Gasteiger partial charge is 0.444 e. The first-order valence-electron chi connectivity index (χ1n) is 11.8. The molecule has 0 spiro atoms. The fraction of sp³-hybridized carbons (Fsp3) is 0.913. The Balaban J connectivity index is 0.00000961. The van der Waals surface area contributed by atoms with Crippen molar-refractivity contribution in [1.82, 2.24) is 15.5 Å². The number of carbonyl (C=O) groups excluding carboxylic acids is 1. The Morgan fingerprint density at radius 3 is 2.22 bits per heavy atom. The molecule has 0 atom stereocenters. The third-order valence-electron chi connectivity index (χ3n) is 5.57. The number of hydrogen-bond donors (Lipinski definition) is 2. The Labute approximate surface area is 212 Å². The van der Waals surface area contributed by atoms with Gasteiger partial charge in [0.2, 0.25) is 0 Å². The molecule has 1 heterocycles. The van der Waals surface area contributed by atoms with Crippen molar-refractivity contribution >= 4 is 36.0 Å². The molecule has 0 unspecified atom stereocenters. The molecule has 0 aliphatic carbocycles. The first-order valence-corrected chi connectivity index (χ1v) is 11.8. The van der Waals surface area contributed by atoms with Gasteiger partial charge in [-0.2, -0.15) is 0 Å². The van der Waals surface area contributed by atoms with Crippen LogP contribution in [0.4, 0.5) is 4.79 Å². The second kappa shape index (κ2) is 15.9. The van der Waals surface area contributed by atoms with Gasteiger partial charge in [-0.3, -0.25) is 4.99 Å². The Kier molecular flexibility index (Phi) is 15.5. The lowest BCUT2D eigenvalue weighted by Crippen LogP contribution is -2.53. The van der Waals surface area contributed by atoms with E-state index in [2.05, 4.69) is 36.3 Å². The minimum absolute atomic E-state index is 0. The number of halogens is 1. The van der Waals surface area contributed by atoms with E-state index in [0.29, 0.717) is 12.6 Å². The van der Waals surface area contributed by atoms with Gasteiger partial charge < -0.3 is 29.7 Å². The monoisotopic (exact) mass is 570 g/mol. The highest BCUT2D eigenvalue weighted by molar-refractivity contribution is 14.0. The summed E-state index contributed by atoms with van der Waals surface area (Å²) in [6.07, 6.45) is 4.38. The molecular weight excluding hydrogens is 523 g/mol. The number of methoxy groups -OCH3 is 1. The van der Waals surface area contributed by atoms with E-state index in [-0.39, 0.29) is 30.1 Å². The molecule has 0 aromatic carbocycles. The van der Waals surface area contributed by atoms with Gasteiger partial charge in [0.15, 0.2) is 5.96 Å². The summed E-state index contributed by atoms with van der Waals surface area (Å²) >= 11 is 0. The second-order valence-electron chi connectivity index (χ2n) is 9.19. The number of ether oxygens (including phenoxy) is 3. The molecule has 0 radical (unpaired) electrons. The summed E-state index contributed by atoms with van der Waals surface area (Å²) in [7, 11) is 1.72. The molecule has 0 saturated carbocycles. The molecular formula is C23H47IN4O4. The maximum absolute atomic E-state index is 12.4. The molecule has 32 heavy (non-hydrogen) atoms. The number of alkyl carbamates (subject to hydrolysis) is 1. The standard InChI is InChI=1S/C23H46N4O4.HI/c1-8-23(9-2,26-21(28)31-22(4,5)6)18-25-20(24-10-3)27-14-12-19(13-15-27)30-17-11-16-29-7;/h19H,8-18H2,1-7H3,(H,24,25)(H,26,28);1H. The van der Waals surface area contributed by atoms with Crippen LogP contribution in [0.3, 0.4) is 0 Å². The summed E-state index contributed by atoms with van der Waals surface area (Å²) in [4.78, 5) is 19.6. The number of hydrogen-bond acceptors (Lipinski definition) is 5. The van der Waals surface area contributed by atoms with Crippen LogP contribution in [0.15, 0.2) is 4.99 Å². The van der Waals surface area contributed by atoms with Crippen LogP contribution in [0.2, 0.25) is 0 Å². The highest BCUT2D eigenvalue weighted by Crippen LogP contribution is 2.19. The number of piperidine rings is 1. The predicted octanol–water partition coefficient (Wildman–Crippen LogP) is 4.17. The molecule has 190 valence electrons. The molecule has 1 amide bonds. The van der Waals surface area contributed by atoms with Gasteiger partial charge in [-0.25, -0.2) is 4.79 Å². The average molecular weight is 571 g/mol. The van der Waals surface area contributed by atoms with Gasteiger partial charge >= 0.3 is 6.09 Å². The highest BCUT2D eigenvalue weighted by Gasteiger charge is 2.31. The molecule has 0 aromatic rings. The molecule has 8 nitrogen and oxygen atoms in total. The van der Waals surface area contributed by atoms with Crippen LogP contribution in [0.1, 0.15) is 73.6 Å². The number of guanidine groups is 1. The molecule has 2 N–H and O–H groups in total. The van der Waals surface area contributed by atoms with Crippen molar-refractivity contribution in [3.05, 3.63) is 0 Å². The number of aliphatic imine (C=N–C) groups is 1. The van der Waals surface area contributed by atoms with Crippen molar-refractivity contribution in [2.24, 2.45) is 4.99 Å². The van der Waals surface area contributed by atoms with E-state index in [4.69, 9.17) is 19.2 Å². The summed E-state index contributed by atoms with van der Waals surface area (Å²) in [5.41, 5.74) is -0.947. The molecule has 1 fully saturated rings. The van der Waals surface area contributed by atoms with Gasteiger partial charge in [0, 0.05) is 40.0 Å². The quantitative estimate of drug-likeness (QED) is 0.168. The van der Waals surface area contributed by atoms with E-state index in [1.54, 1.807) is 7.11 Å². The molecule has 1 rings (SSSR count). The fourth-order valence-corrected chi connectivity index (χ4v) is 3.55. The van der Waals surface area contributed by atoms with Gasteiger partial charge in [0.1, 0.15) is 5.60 Å². The average Bonchev–Trinajstić information content (AvgIpc) is 2.72. The van der Waals surface area contributed by atoms with Gasteiger partial charge in [-0.15, -0.1) is 24.0 Å². The Hall–Kier alpha value is -0.810. The zero-order valence-corrected chi connectivity index (χ0v) is 23.6. The Morgan fingerprint density at radius 1 is 1.09 bits per heavy atom. The zero-order valence-electron chi connectivity index (χ0n) is 21.3. The summed E-state index contributed by atoms with van der Waals surface area (Å²) in [6.45, 7) is 16.5. The third-order valence-corrected chi connectivity index (χ3v) is 5.57. The first-order chi connectivity index (χ1) is 14.7. The molecule has 1 saturated heterocycles. The second-order valence-corrected chi connectivity index (χ2v) is 9.19. The number of amides is 1. The lowest BCUT2D eigenvalue weighted by Gasteiger charge is -2.36. The summed E-state index contributed by atoms with van der Waals surface area (Å²) in [5.74, 6) is 0.901. The number of nitrogens with zero attached hydrogens (tertiary/aromatic N) is 2. The SMILES string of the molecule is CCNC(=NCC(CC)(CC)NC(=O)OC(C)(C)C)N1CCC(OCCCOC)CC1.I.